The number of amides is 1. The van der Waals surface area contributed by atoms with Gasteiger partial charge in [-0.1, -0.05) is 30.3 Å². The van der Waals surface area contributed by atoms with Gasteiger partial charge in [0.2, 0.25) is 0 Å². The fourth-order valence-electron chi connectivity index (χ4n) is 3.47. The zero-order valence-electron chi connectivity index (χ0n) is 14.7. The number of ether oxygens (including phenoxy) is 2. The van der Waals surface area contributed by atoms with Gasteiger partial charge in [0.05, 0.1) is 13.2 Å². The van der Waals surface area contributed by atoms with E-state index in [-0.39, 0.29) is 5.91 Å². The highest BCUT2D eigenvalue weighted by Crippen LogP contribution is 2.31. The van der Waals surface area contributed by atoms with Crippen LogP contribution >= 0.6 is 0 Å². The Hall–Kier alpha value is -2.44. The van der Waals surface area contributed by atoms with Crippen LogP contribution in [0.3, 0.4) is 0 Å². The summed E-state index contributed by atoms with van der Waals surface area (Å²) in [7, 11) is 0. The molecule has 0 aliphatic carbocycles. The van der Waals surface area contributed by atoms with Crippen molar-refractivity contribution in [2.75, 3.05) is 31.6 Å². The van der Waals surface area contributed by atoms with Gasteiger partial charge in [-0.05, 0) is 17.7 Å². The first-order valence-electron chi connectivity index (χ1n) is 9.05. The molecular formula is C20H23N3O3. The quantitative estimate of drug-likeness (QED) is 0.916. The van der Waals surface area contributed by atoms with Crippen molar-refractivity contribution >= 4 is 11.7 Å². The van der Waals surface area contributed by atoms with Crippen LogP contribution in [0.5, 0.6) is 0 Å². The van der Waals surface area contributed by atoms with Gasteiger partial charge < -0.3 is 19.7 Å². The van der Waals surface area contributed by atoms with Crippen LogP contribution in [0.15, 0.2) is 48.7 Å². The van der Waals surface area contributed by atoms with Crippen LogP contribution < -0.4 is 5.32 Å². The second-order valence-electron chi connectivity index (χ2n) is 6.67. The van der Waals surface area contributed by atoms with E-state index < -0.39 is 5.79 Å². The summed E-state index contributed by atoms with van der Waals surface area (Å²) in [5, 5.41) is 3.28. The van der Waals surface area contributed by atoms with Crippen LogP contribution in [0.25, 0.3) is 0 Å². The second kappa shape index (κ2) is 7.43. The van der Waals surface area contributed by atoms with Gasteiger partial charge in [0, 0.05) is 44.2 Å². The summed E-state index contributed by atoms with van der Waals surface area (Å²) < 4.78 is 11.5. The van der Waals surface area contributed by atoms with Crippen LogP contribution in [-0.2, 0) is 16.0 Å². The molecule has 1 aromatic carbocycles. The molecule has 6 nitrogen and oxygen atoms in total. The van der Waals surface area contributed by atoms with Crippen molar-refractivity contribution in [3.63, 3.8) is 0 Å². The fourth-order valence-corrected chi connectivity index (χ4v) is 3.47. The van der Waals surface area contributed by atoms with E-state index in [2.05, 4.69) is 22.4 Å². The highest BCUT2D eigenvalue weighted by Gasteiger charge is 2.40. The third kappa shape index (κ3) is 3.71. The van der Waals surface area contributed by atoms with Gasteiger partial charge in [0.25, 0.3) is 5.91 Å². The Bertz CT molecular complexity index is 750. The molecule has 26 heavy (non-hydrogen) atoms. The standard InChI is InChI=1S/C20H23N3O3/c24-19(23-10-7-20(8-11-23)25-12-13-26-20)17-6-9-21-18(14-17)22-15-16-4-2-1-3-5-16/h1-6,9,14H,7-8,10-13,15H2,(H,21,22). The maximum absolute atomic E-state index is 12.8. The number of hydrogen-bond acceptors (Lipinski definition) is 5. The van der Waals surface area contributed by atoms with Crippen molar-refractivity contribution in [2.45, 2.75) is 25.2 Å². The fraction of sp³-hybridized carbons (Fsp3) is 0.400. The molecule has 0 bridgehead atoms. The summed E-state index contributed by atoms with van der Waals surface area (Å²) >= 11 is 0. The molecule has 0 atom stereocenters. The number of pyridine rings is 1. The average molecular weight is 353 g/mol. The number of aromatic nitrogens is 1. The van der Waals surface area contributed by atoms with E-state index in [1.807, 2.05) is 29.2 Å². The van der Waals surface area contributed by atoms with Crippen molar-refractivity contribution < 1.29 is 14.3 Å². The molecule has 6 heteroatoms. The Morgan fingerprint density at radius 2 is 1.85 bits per heavy atom. The van der Waals surface area contributed by atoms with Crippen molar-refractivity contribution in [3.05, 3.63) is 59.8 Å². The Morgan fingerprint density at radius 3 is 2.58 bits per heavy atom. The van der Waals surface area contributed by atoms with Gasteiger partial charge >= 0.3 is 0 Å². The number of piperidine rings is 1. The topological polar surface area (TPSA) is 63.7 Å². The Balaban J connectivity index is 1.37. The van der Waals surface area contributed by atoms with Gasteiger partial charge in [-0.25, -0.2) is 4.98 Å². The zero-order chi connectivity index (χ0) is 17.8. The minimum atomic E-state index is -0.461. The number of carbonyl (C=O) groups is 1. The molecule has 2 saturated heterocycles. The molecule has 0 saturated carbocycles. The van der Waals surface area contributed by atoms with E-state index in [9.17, 15) is 4.79 Å². The number of benzene rings is 1. The molecule has 1 amide bonds. The molecule has 3 heterocycles. The van der Waals surface area contributed by atoms with Gasteiger partial charge in [-0.2, -0.15) is 0 Å². The summed E-state index contributed by atoms with van der Waals surface area (Å²) in [4.78, 5) is 19.0. The highest BCUT2D eigenvalue weighted by atomic mass is 16.7. The second-order valence-corrected chi connectivity index (χ2v) is 6.67. The van der Waals surface area contributed by atoms with Crippen molar-refractivity contribution in [2.24, 2.45) is 0 Å². The Labute approximate surface area is 153 Å². The number of hydrogen-bond donors (Lipinski definition) is 1. The van der Waals surface area contributed by atoms with E-state index in [1.165, 1.54) is 5.56 Å². The molecule has 1 N–H and O–H groups in total. The predicted octanol–water partition coefficient (Wildman–Crippen LogP) is 2.67. The van der Waals surface area contributed by atoms with Crippen LogP contribution in [-0.4, -0.2) is 47.9 Å². The molecule has 2 fully saturated rings. The van der Waals surface area contributed by atoms with Crippen LogP contribution in [0.2, 0.25) is 0 Å². The monoisotopic (exact) mass is 353 g/mol. The highest BCUT2D eigenvalue weighted by molar-refractivity contribution is 5.94. The first-order valence-corrected chi connectivity index (χ1v) is 9.05. The third-order valence-electron chi connectivity index (χ3n) is 4.95. The molecule has 2 aliphatic rings. The Kier molecular flexibility index (Phi) is 4.86. The summed E-state index contributed by atoms with van der Waals surface area (Å²) in [5.41, 5.74) is 1.82. The first-order chi connectivity index (χ1) is 12.7. The summed E-state index contributed by atoms with van der Waals surface area (Å²) in [6.07, 6.45) is 3.13. The summed E-state index contributed by atoms with van der Waals surface area (Å²) in [6.45, 7) is 3.26. The van der Waals surface area contributed by atoms with E-state index in [4.69, 9.17) is 9.47 Å². The molecule has 136 valence electrons. The van der Waals surface area contributed by atoms with E-state index >= 15 is 0 Å². The largest absolute Gasteiger partial charge is 0.366 e. The van der Waals surface area contributed by atoms with Crippen molar-refractivity contribution in [1.82, 2.24) is 9.88 Å². The van der Waals surface area contributed by atoms with Gasteiger partial charge in [-0.3, -0.25) is 4.79 Å². The predicted molar refractivity (Wildman–Crippen MR) is 97.8 cm³/mol. The molecule has 0 radical (unpaired) electrons. The lowest BCUT2D eigenvalue weighted by molar-refractivity contribution is -0.181. The van der Waals surface area contributed by atoms with E-state index in [0.717, 1.165) is 12.8 Å². The smallest absolute Gasteiger partial charge is 0.254 e. The first kappa shape index (κ1) is 17.0. The lowest BCUT2D eigenvalue weighted by atomic mass is 10.0. The average Bonchev–Trinajstić information content (AvgIpc) is 3.15. The number of nitrogens with zero attached hydrogens (tertiary/aromatic N) is 2. The molecule has 1 aromatic heterocycles. The summed E-state index contributed by atoms with van der Waals surface area (Å²) in [5.74, 6) is 0.274. The Morgan fingerprint density at radius 1 is 1.12 bits per heavy atom. The lowest BCUT2D eigenvalue weighted by Crippen LogP contribution is -2.47. The number of likely N-dealkylation sites (tertiary alicyclic amines) is 1. The zero-order valence-corrected chi connectivity index (χ0v) is 14.7. The van der Waals surface area contributed by atoms with Crippen LogP contribution in [0.4, 0.5) is 5.82 Å². The molecule has 1 spiro atoms. The molecule has 2 aromatic rings. The van der Waals surface area contributed by atoms with Crippen molar-refractivity contribution in [3.8, 4) is 0 Å². The minimum Gasteiger partial charge on any atom is -0.366 e. The number of rotatable bonds is 4. The minimum absolute atomic E-state index is 0.0306. The van der Waals surface area contributed by atoms with Crippen molar-refractivity contribution in [1.29, 1.82) is 0 Å². The summed E-state index contributed by atoms with van der Waals surface area (Å²) in [6, 6.07) is 13.7. The van der Waals surface area contributed by atoms with Crippen LogP contribution in [0.1, 0.15) is 28.8 Å². The molecular weight excluding hydrogens is 330 g/mol. The number of anilines is 1. The third-order valence-corrected chi connectivity index (χ3v) is 4.95. The molecule has 0 unspecified atom stereocenters. The SMILES string of the molecule is O=C(c1ccnc(NCc2ccccc2)c1)N1CCC2(CC1)OCCO2. The maximum Gasteiger partial charge on any atom is 0.254 e. The van der Waals surface area contributed by atoms with Gasteiger partial charge in [-0.15, -0.1) is 0 Å². The normalized spacial score (nSPS) is 18.8. The lowest BCUT2D eigenvalue weighted by Gasteiger charge is -2.37. The van der Waals surface area contributed by atoms with Gasteiger partial charge in [0.15, 0.2) is 5.79 Å². The van der Waals surface area contributed by atoms with E-state index in [0.29, 0.717) is 44.2 Å². The molecule has 4 rings (SSSR count). The number of nitrogens with one attached hydrogen (secondary N) is 1. The maximum atomic E-state index is 12.8. The van der Waals surface area contributed by atoms with Crippen LogP contribution in [0, 0.1) is 0 Å². The molecule has 2 aliphatic heterocycles. The number of carbonyl (C=O) groups excluding carboxylic acids is 1. The van der Waals surface area contributed by atoms with E-state index in [1.54, 1.807) is 12.3 Å². The van der Waals surface area contributed by atoms with Gasteiger partial charge in [0.1, 0.15) is 5.82 Å².